The first-order valence-corrected chi connectivity index (χ1v) is 9.47. The summed E-state index contributed by atoms with van der Waals surface area (Å²) in [6.07, 6.45) is 1.70. The number of urea groups is 1. The van der Waals surface area contributed by atoms with E-state index in [-0.39, 0.29) is 11.6 Å². The molecule has 0 saturated carbocycles. The summed E-state index contributed by atoms with van der Waals surface area (Å²) < 4.78 is 5.41. The molecule has 2 aromatic carbocycles. The lowest BCUT2D eigenvalue weighted by Gasteiger charge is -2.30. The number of aryl methyl sites for hydroxylation is 1. The Kier molecular flexibility index (Phi) is 5.07. The van der Waals surface area contributed by atoms with Gasteiger partial charge in [-0.2, -0.15) is 0 Å². The Morgan fingerprint density at radius 1 is 1.07 bits per heavy atom. The van der Waals surface area contributed by atoms with Crippen molar-refractivity contribution in [2.45, 2.75) is 6.92 Å². The minimum absolute atomic E-state index is 0.249. The van der Waals surface area contributed by atoms with Crippen LogP contribution < -0.4 is 15.1 Å². The zero-order valence-electron chi connectivity index (χ0n) is 15.4. The number of carbonyl (C=O) groups excluding carboxylic acids is 2. The third-order valence-electron chi connectivity index (χ3n) is 4.85. The van der Waals surface area contributed by atoms with E-state index in [0.29, 0.717) is 10.7 Å². The molecular formula is C21H20ClN3O3. The number of anilines is 2. The first-order chi connectivity index (χ1) is 13.5. The van der Waals surface area contributed by atoms with Crippen LogP contribution in [0.5, 0.6) is 0 Å². The summed E-state index contributed by atoms with van der Waals surface area (Å²) in [4.78, 5) is 28.4. The van der Waals surface area contributed by atoms with E-state index in [2.05, 4.69) is 10.2 Å². The molecule has 2 aliphatic rings. The highest BCUT2D eigenvalue weighted by molar-refractivity contribution is 6.31. The Balaban J connectivity index is 1.57. The molecule has 28 heavy (non-hydrogen) atoms. The van der Waals surface area contributed by atoms with Gasteiger partial charge in [-0.3, -0.25) is 4.79 Å². The van der Waals surface area contributed by atoms with E-state index in [9.17, 15) is 9.59 Å². The molecule has 2 aliphatic heterocycles. The molecule has 1 N–H and O–H groups in total. The number of hydrogen-bond donors (Lipinski definition) is 1. The molecule has 0 radical (unpaired) electrons. The number of imide groups is 1. The maximum absolute atomic E-state index is 12.7. The fraction of sp³-hybridized carbons (Fsp3) is 0.238. The first-order valence-electron chi connectivity index (χ1n) is 9.09. The number of carbonyl (C=O) groups is 2. The van der Waals surface area contributed by atoms with Crippen molar-refractivity contribution in [1.29, 1.82) is 0 Å². The Labute approximate surface area is 168 Å². The van der Waals surface area contributed by atoms with Crippen LogP contribution in [0.1, 0.15) is 11.1 Å². The number of morpholine rings is 1. The van der Waals surface area contributed by atoms with Crippen LogP contribution in [0.25, 0.3) is 6.08 Å². The predicted molar refractivity (Wildman–Crippen MR) is 110 cm³/mol. The van der Waals surface area contributed by atoms with Crippen LogP contribution in [-0.4, -0.2) is 38.2 Å². The van der Waals surface area contributed by atoms with E-state index in [0.717, 1.165) is 48.0 Å². The number of benzene rings is 2. The van der Waals surface area contributed by atoms with Crippen molar-refractivity contribution >= 4 is 41.0 Å². The van der Waals surface area contributed by atoms with Crippen molar-refractivity contribution < 1.29 is 14.3 Å². The number of amides is 3. The minimum atomic E-state index is -0.472. The standard InChI is InChI=1S/C21H20ClN3O3/c1-14-12-15(2-7-19(14)24-8-10-28-11-9-24)13-18-20(26)25(21(27)23-18)17-5-3-16(22)4-6-17/h2-7,12-13H,8-11H2,1H3,(H,23,27)/b18-13+. The zero-order chi connectivity index (χ0) is 19.7. The van der Waals surface area contributed by atoms with Crippen LogP contribution in [0, 0.1) is 6.92 Å². The molecule has 144 valence electrons. The predicted octanol–water partition coefficient (Wildman–Crippen LogP) is 3.58. The molecule has 0 unspecified atom stereocenters. The number of halogens is 1. The maximum Gasteiger partial charge on any atom is 0.333 e. The number of ether oxygens (including phenoxy) is 1. The van der Waals surface area contributed by atoms with Gasteiger partial charge in [-0.25, -0.2) is 9.69 Å². The fourth-order valence-electron chi connectivity index (χ4n) is 3.45. The quantitative estimate of drug-likeness (QED) is 0.635. The summed E-state index contributed by atoms with van der Waals surface area (Å²) >= 11 is 5.89. The molecule has 0 atom stereocenters. The maximum atomic E-state index is 12.7. The highest BCUT2D eigenvalue weighted by atomic mass is 35.5. The second kappa shape index (κ2) is 7.66. The van der Waals surface area contributed by atoms with Crippen molar-refractivity contribution in [1.82, 2.24) is 5.32 Å². The van der Waals surface area contributed by atoms with Gasteiger partial charge < -0.3 is 15.0 Å². The average Bonchev–Trinajstić information content (AvgIpc) is 2.97. The van der Waals surface area contributed by atoms with Crippen molar-refractivity contribution in [2.75, 3.05) is 36.1 Å². The average molecular weight is 398 g/mol. The highest BCUT2D eigenvalue weighted by Crippen LogP contribution is 2.26. The van der Waals surface area contributed by atoms with E-state index >= 15 is 0 Å². The van der Waals surface area contributed by atoms with Gasteiger partial charge in [0.2, 0.25) is 0 Å². The molecule has 6 nitrogen and oxygen atoms in total. The molecule has 3 amide bonds. The van der Waals surface area contributed by atoms with E-state index in [1.54, 1.807) is 30.3 Å². The number of nitrogens with zero attached hydrogens (tertiary/aromatic N) is 2. The van der Waals surface area contributed by atoms with E-state index in [1.165, 1.54) is 0 Å². The topological polar surface area (TPSA) is 61.9 Å². The Morgan fingerprint density at radius 2 is 1.79 bits per heavy atom. The molecule has 2 saturated heterocycles. The first kappa shape index (κ1) is 18.5. The van der Waals surface area contributed by atoms with Gasteiger partial charge in [-0.15, -0.1) is 0 Å². The molecular weight excluding hydrogens is 378 g/mol. The smallest absolute Gasteiger partial charge is 0.333 e. The molecule has 2 fully saturated rings. The largest absolute Gasteiger partial charge is 0.378 e. The third kappa shape index (κ3) is 3.61. The van der Waals surface area contributed by atoms with Gasteiger partial charge in [-0.1, -0.05) is 17.7 Å². The van der Waals surface area contributed by atoms with Gasteiger partial charge in [0, 0.05) is 23.8 Å². The minimum Gasteiger partial charge on any atom is -0.378 e. The van der Waals surface area contributed by atoms with Gasteiger partial charge >= 0.3 is 6.03 Å². The molecule has 0 aromatic heterocycles. The van der Waals surface area contributed by atoms with Gasteiger partial charge in [0.1, 0.15) is 5.70 Å². The van der Waals surface area contributed by atoms with E-state index in [4.69, 9.17) is 16.3 Å². The zero-order valence-corrected chi connectivity index (χ0v) is 16.2. The fourth-order valence-corrected chi connectivity index (χ4v) is 3.58. The number of nitrogens with one attached hydrogen (secondary N) is 1. The van der Waals surface area contributed by atoms with E-state index in [1.807, 2.05) is 25.1 Å². The lowest BCUT2D eigenvalue weighted by atomic mass is 10.1. The number of hydrogen-bond acceptors (Lipinski definition) is 4. The van der Waals surface area contributed by atoms with Gasteiger partial charge in [0.05, 0.1) is 18.9 Å². The van der Waals surface area contributed by atoms with Crippen LogP contribution in [-0.2, 0) is 9.53 Å². The monoisotopic (exact) mass is 397 g/mol. The Hall–Kier alpha value is -2.83. The van der Waals surface area contributed by atoms with Crippen molar-refractivity contribution in [2.24, 2.45) is 0 Å². The van der Waals surface area contributed by atoms with Gasteiger partial charge in [-0.05, 0) is 60.5 Å². The normalized spacial score (nSPS) is 18.7. The lowest BCUT2D eigenvalue weighted by Crippen LogP contribution is -2.36. The molecule has 0 bridgehead atoms. The SMILES string of the molecule is Cc1cc(/C=C2/NC(=O)N(c3ccc(Cl)cc3)C2=O)ccc1N1CCOCC1. The van der Waals surface area contributed by atoms with Crippen LogP contribution in [0.4, 0.5) is 16.2 Å². The molecule has 2 aromatic rings. The Morgan fingerprint density at radius 3 is 2.46 bits per heavy atom. The highest BCUT2D eigenvalue weighted by Gasteiger charge is 2.34. The molecule has 0 aliphatic carbocycles. The van der Waals surface area contributed by atoms with E-state index < -0.39 is 6.03 Å². The van der Waals surface area contributed by atoms with Crippen LogP contribution in [0.2, 0.25) is 5.02 Å². The van der Waals surface area contributed by atoms with Crippen LogP contribution >= 0.6 is 11.6 Å². The van der Waals surface area contributed by atoms with Crippen molar-refractivity contribution in [3.8, 4) is 0 Å². The van der Waals surface area contributed by atoms with Gasteiger partial charge in [0.15, 0.2) is 0 Å². The van der Waals surface area contributed by atoms with Crippen LogP contribution in [0.3, 0.4) is 0 Å². The van der Waals surface area contributed by atoms with Gasteiger partial charge in [0.25, 0.3) is 5.91 Å². The second-order valence-corrected chi connectivity index (χ2v) is 7.19. The van der Waals surface area contributed by atoms with Crippen LogP contribution in [0.15, 0.2) is 48.2 Å². The Bertz CT molecular complexity index is 950. The second-order valence-electron chi connectivity index (χ2n) is 6.75. The summed E-state index contributed by atoms with van der Waals surface area (Å²) in [5.74, 6) is -0.387. The summed E-state index contributed by atoms with van der Waals surface area (Å²) in [6, 6.07) is 12.1. The third-order valence-corrected chi connectivity index (χ3v) is 5.10. The summed E-state index contributed by atoms with van der Waals surface area (Å²) in [6.45, 7) is 5.23. The summed E-state index contributed by atoms with van der Waals surface area (Å²) in [7, 11) is 0. The molecule has 7 heteroatoms. The summed E-state index contributed by atoms with van der Waals surface area (Å²) in [5, 5.41) is 3.20. The van der Waals surface area contributed by atoms with Crippen molar-refractivity contribution in [3.05, 3.63) is 64.3 Å². The lowest BCUT2D eigenvalue weighted by molar-refractivity contribution is -0.113. The molecule has 4 rings (SSSR count). The molecule has 2 heterocycles. The number of rotatable bonds is 3. The van der Waals surface area contributed by atoms with Crippen molar-refractivity contribution in [3.63, 3.8) is 0 Å². The molecule has 0 spiro atoms. The summed E-state index contributed by atoms with van der Waals surface area (Å²) in [5.41, 5.74) is 3.86.